The van der Waals surface area contributed by atoms with Crippen LogP contribution in [0.3, 0.4) is 0 Å². The molecule has 1 unspecified atom stereocenters. The van der Waals surface area contributed by atoms with E-state index in [0.29, 0.717) is 18.9 Å². The number of ether oxygens (including phenoxy) is 1. The van der Waals surface area contributed by atoms with E-state index in [1.807, 2.05) is 16.7 Å². The highest BCUT2D eigenvalue weighted by atomic mass is 16.5. The number of carbonyl (C=O) groups excluding carboxylic acids is 2. The average Bonchev–Trinajstić information content (AvgIpc) is 3.13. The van der Waals surface area contributed by atoms with E-state index in [0.717, 1.165) is 67.3 Å². The summed E-state index contributed by atoms with van der Waals surface area (Å²) in [5.41, 5.74) is 3.04. The van der Waals surface area contributed by atoms with Gasteiger partial charge >= 0.3 is 0 Å². The zero-order chi connectivity index (χ0) is 21.2. The summed E-state index contributed by atoms with van der Waals surface area (Å²) in [7, 11) is 0. The van der Waals surface area contributed by atoms with Crippen molar-refractivity contribution in [2.24, 2.45) is 0 Å². The predicted octanol–water partition coefficient (Wildman–Crippen LogP) is 2.87. The number of fused-ring (bicyclic) bond motifs is 3. The number of benzene rings is 1. The highest BCUT2D eigenvalue weighted by molar-refractivity contribution is 6.10. The summed E-state index contributed by atoms with van der Waals surface area (Å²) >= 11 is 0. The Hall–Kier alpha value is -2.77. The van der Waals surface area contributed by atoms with E-state index in [9.17, 15) is 9.59 Å². The molecule has 0 bridgehead atoms. The van der Waals surface area contributed by atoms with Crippen molar-refractivity contribution >= 4 is 33.8 Å². The van der Waals surface area contributed by atoms with Crippen molar-refractivity contribution in [3.05, 3.63) is 42.1 Å². The summed E-state index contributed by atoms with van der Waals surface area (Å²) in [5, 5.41) is 8.06. The molecule has 2 aliphatic rings. The van der Waals surface area contributed by atoms with Crippen molar-refractivity contribution in [2.75, 3.05) is 19.7 Å². The predicted molar refractivity (Wildman–Crippen MR) is 119 cm³/mol. The normalized spacial score (nSPS) is 20.5. The van der Waals surface area contributed by atoms with E-state index in [1.165, 1.54) is 5.56 Å². The number of rotatable bonds is 6. The summed E-state index contributed by atoms with van der Waals surface area (Å²) in [6.45, 7) is 2.83. The third kappa shape index (κ3) is 3.95. The van der Waals surface area contributed by atoms with Crippen LogP contribution in [0.25, 0.3) is 21.9 Å². The summed E-state index contributed by atoms with van der Waals surface area (Å²) in [6, 6.07) is 9.85. The molecule has 2 fully saturated rings. The van der Waals surface area contributed by atoms with Crippen LogP contribution in [0.4, 0.5) is 0 Å². The molecule has 0 aliphatic carbocycles. The van der Waals surface area contributed by atoms with Crippen molar-refractivity contribution in [1.29, 1.82) is 0 Å². The lowest BCUT2D eigenvalue weighted by Gasteiger charge is -2.23. The highest BCUT2D eigenvalue weighted by Gasteiger charge is 2.31. The molecule has 2 N–H and O–H groups in total. The van der Waals surface area contributed by atoms with Gasteiger partial charge in [0.2, 0.25) is 11.8 Å². The van der Waals surface area contributed by atoms with Gasteiger partial charge in [0.1, 0.15) is 11.7 Å². The lowest BCUT2D eigenvalue weighted by atomic mass is 10.0. The molecule has 2 aliphatic heterocycles. The Morgan fingerprint density at radius 2 is 1.97 bits per heavy atom. The number of aryl methyl sites for hydroxylation is 1. The Morgan fingerprint density at radius 1 is 1.10 bits per heavy atom. The monoisotopic (exact) mass is 420 g/mol. The number of nitrogens with zero attached hydrogens (tertiary/aromatic N) is 2. The number of nitrogens with one attached hydrogen (secondary N) is 2. The standard InChI is InChI=1S/C24H28N4O3/c29-21-9-8-20(24(30)27-21)28-19-7-1-4-16(22(19)18-6-2-12-26-23(18)28)5-3-15-31-17-10-13-25-14-11-17/h1-2,4,6-7,12,17,20,25H,3,5,8-11,13-15H2,(H,27,29,30). The third-order valence-electron chi connectivity index (χ3n) is 6.42. The molecule has 1 aromatic carbocycles. The van der Waals surface area contributed by atoms with Crippen LogP contribution < -0.4 is 10.6 Å². The van der Waals surface area contributed by atoms with E-state index in [-0.39, 0.29) is 11.8 Å². The van der Waals surface area contributed by atoms with Gasteiger partial charge in [-0.25, -0.2) is 4.98 Å². The molecule has 7 nitrogen and oxygen atoms in total. The quantitative estimate of drug-likeness (QED) is 0.473. The number of hydrogen-bond acceptors (Lipinski definition) is 5. The van der Waals surface area contributed by atoms with Gasteiger partial charge in [0.25, 0.3) is 0 Å². The van der Waals surface area contributed by atoms with Gasteiger partial charge in [-0.15, -0.1) is 0 Å². The van der Waals surface area contributed by atoms with Crippen LogP contribution >= 0.6 is 0 Å². The fourth-order valence-corrected chi connectivity index (χ4v) is 4.92. The van der Waals surface area contributed by atoms with Gasteiger partial charge in [-0.1, -0.05) is 12.1 Å². The molecule has 0 spiro atoms. The van der Waals surface area contributed by atoms with Crippen LogP contribution in [0.15, 0.2) is 36.5 Å². The van der Waals surface area contributed by atoms with Crippen molar-refractivity contribution in [3.8, 4) is 0 Å². The van der Waals surface area contributed by atoms with Crippen molar-refractivity contribution < 1.29 is 14.3 Å². The van der Waals surface area contributed by atoms with Gasteiger partial charge < -0.3 is 14.6 Å². The van der Waals surface area contributed by atoms with Crippen molar-refractivity contribution in [2.45, 2.75) is 50.7 Å². The van der Waals surface area contributed by atoms with Gasteiger partial charge in [0, 0.05) is 30.0 Å². The first-order valence-corrected chi connectivity index (χ1v) is 11.2. The topological polar surface area (TPSA) is 85.2 Å². The van der Waals surface area contributed by atoms with Gasteiger partial charge in [-0.2, -0.15) is 0 Å². The first kappa shape index (κ1) is 20.2. The Balaban J connectivity index is 1.44. The minimum Gasteiger partial charge on any atom is -0.378 e. The minimum absolute atomic E-state index is 0.204. The second kappa shape index (κ2) is 8.77. The van der Waals surface area contributed by atoms with Gasteiger partial charge in [0.15, 0.2) is 0 Å². The first-order chi connectivity index (χ1) is 15.2. The Kier molecular flexibility index (Phi) is 5.70. The number of pyridine rings is 1. The third-order valence-corrected chi connectivity index (χ3v) is 6.42. The molecular weight excluding hydrogens is 392 g/mol. The zero-order valence-electron chi connectivity index (χ0n) is 17.6. The Bertz CT molecular complexity index is 1120. The maximum absolute atomic E-state index is 12.6. The molecule has 31 heavy (non-hydrogen) atoms. The number of aromatic nitrogens is 2. The summed E-state index contributed by atoms with van der Waals surface area (Å²) in [4.78, 5) is 28.9. The number of hydrogen-bond donors (Lipinski definition) is 2. The molecule has 3 aromatic rings. The maximum Gasteiger partial charge on any atom is 0.249 e. The van der Waals surface area contributed by atoms with Crippen molar-refractivity contribution in [3.63, 3.8) is 0 Å². The highest BCUT2D eigenvalue weighted by Crippen LogP contribution is 2.35. The molecule has 0 radical (unpaired) electrons. The Morgan fingerprint density at radius 3 is 2.81 bits per heavy atom. The number of imide groups is 1. The average molecular weight is 421 g/mol. The molecule has 162 valence electrons. The molecule has 2 aromatic heterocycles. The van der Waals surface area contributed by atoms with Crippen molar-refractivity contribution in [1.82, 2.24) is 20.2 Å². The summed E-state index contributed by atoms with van der Waals surface area (Å²) in [5.74, 6) is -0.453. The second-order valence-electron chi connectivity index (χ2n) is 8.45. The van der Waals surface area contributed by atoms with Crippen LogP contribution in [-0.2, 0) is 20.7 Å². The van der Waals surface area contributed by atoms with Crippen LogP contribution in [0.2, 0.25) is 0 Å². The van der Waals surface area contributed by atoms with Crippen LogP contribution in [0.5, 0.6) is 0 Å². The number of piperidine rings is 2. The molecule has 2 saturated heterocycles. The van der Waals surface area contributed by atoms with E-state index in [2.05, 4.69) is 33.8 Å². The fourth-order valence-electron chi connectivity index (χ4n) is 4.92. The molecule has 5 rings (SSSR count). The van der Waals surface area contributed by atoms with Gasteiger partial charge in [0.05, 0.1) is 11.6 Å². The molecule has 7 heteroatoms. The number of carbonyl (C=O) groups is 2. The lowest BCUT2D eigenvalue weighted by Crippen LogP contribution is -2.41. The van der Waals surface area contributed by atoms with E-state index < -0.39 is 6.04 Å². The van der Waals surface area contributed by atoms with E-state index in [4.69, 9.17) is 4.74 Å². The Labute approximate surface area is 181 Å². The second-order valence-corrected chi connectivity index (χ2v) is 8.45. The fraction of sp³-hybridized carbons (Fsp3) is 0.458. The first-order valence-electron chi connectivity index (χ1n) is 11.2. The molecule has 4 heterocycles. The van der Waals surface area contributed by atoms with Crippen LogP contribution in [-0.4, -0.2) is 47.2 Å². The molecule has 2 amide bonds. The molecule has 1 atom stereocenters. The summed E-state index contributed by atoms with van der Waals surface area (Å²) in [6.07, 6.45) is 7.00. The largest absolute Gasteiger partial charge is 0.378 e. The number of amides is 2. The van der Waals surface area contributed by atoms with Gasteiger partial charge in [-0.05, 0) is 69.0 Å². The molecule has 0 saturated carbocycles. The van der Waals surface area contributed by atoms with Gasteiger partial charge in [-0.3, -0.25) is 14.9 Å². The minimum atomic E-state index is -0.425. The zero-order valence-corrected chi connectivity index (χ0v) is 17.6. The van der Waals surface area contributed by atoms with E-state index in [1.54, 1.807) is 6.20 Å². The van der Waals surface area contributed by atoms with E-state index >= 15 is 0 Å². The van der Waals surface area contributed by atoms with Crippen LogP contribution in [0, 0.1) is 0 Å². The maximum atomic E-state index is 12.6. The van der Waals surface area contributed by atoms with Crippen LogP contribution in [0.1, 0.15) is 43.7 Å². The summed E-state index contributed by atoms with van der Waals surface area (Å²) < 4.78 is 8.10. The molecular formula is C24H28N4O3. The SMILES string of the molecule is O=C1CCC(n2c3cccc(CCCOC4CCNCC4)c3c3cccnc32)C(=O)N1. The lowest BCUT2D eigenvalue weighted by molar-refractivity contribution is -0.135. The smallest absolute Gasteiger partial charge is 0.249 e.